The van der Waals surface area contributed by atoms with Gasteiger partial charge in [-0.25, -0.2) is 0 Å². The minimum absolute atomic E-state index is 0.701. The first-order chi connectivity index (χ1) is 4.33. The van der Waals surface area contributed by atoms with Gasteiger partial charge in [0.15, 0.2) is 0 Å². The lowest BCUT2D eigenvalue weighted by atomic mass is 10.0. The van der Waals surface area contributed by atoms with Crippen LogP contribution in [0.5, 0.6) is 0 Å². The van der Waals surface area contributed by atoms with Crippen molar-refractivity contribution >= 4 is 6.29 Å². The van der Waals surface area contributed by atoms with Gasteiger partial charge >= 0.3 is 0 Å². The maximum atomic E-state index is 9.90. The Kier molecular flexibility index (Phi) is 2.22. The molecule has 2 heteroatoms. The van der Waals surface area contributed by atoms with Crippen molar-refractivity contribution < 1.29 is 4.79 Å². The molecule has 2 nitrogen and oxygen atoms in total. The molecule has 1 aliphatic rings. The van der Waals surface area contributed by atoms with Gasteiger partial charge in [-0.15, -0.1) is 0 Å². The molecule has 0 unspecified atom stereocenters. The summed E-state index contributed by atoms with van der Waals surface area (Å²) in [4.78, 5) is 12.2. The van der Waals surface area contributed by atoms with Gasteiger partial charge in [0.2, 0.25) is 0 Å². The molecule has 0 aromatic heterocycles. The summed E-state index contributed by atoms with van der Waals surface area (Å²) in [6.07, 6.45) is 1.69. The fourth-order valence-corrected chi connectivity index (χ4v) is 1.25. The maximum absolute atomic E-state index is 9.90. The maximum Gasteiger partial charge on any atom is 0.121 e. The van der Waals surface area contributed by atoms with Gasteiger partial charge in [0.1, 0.15) is 6.29 Å². The molecular formula is C7H13NO. The van der Waals surface area contributed by atoms with E-state index in [2.05, 4.69) is 11.8 Å². The van der Waals surface area contributed by atoms with E-state index < -0.39 is 0 Å². The Bertz CT molecular complexity index is 97.1. The van der Waals surface area contributed by atoms with E-state index in [-0.39, 0.29) is 0 Å². The van der Waals surface area contributed by atoms with Crippen LogP contribution in [0.25, 0.3) is 0 Å². The van der Waals surface area contributed by atoms with Crippen molar-refractivity contribution in [1.29, 1.82) is 0 Å². The summed E-state index contributed by atoms with van der Waals surface area (Å²) in [6, 6.07) is 0. The average molecular weight is 127 g/mol. The van der Waals surface area contributed by atoms with E-state index in [9.17, 15) is 4.79 Å². The molecule has 52 valence electrons. The number of carbonyl (C=O) groups is 1. The van der Waals surface area contributed by atoms with E-state index in [1.54, 1.807) is 0 Å². The van der Waals surface area contributed by atoms with Crippen LogP contribution in [-0.4, -0.2) is 30.8 Å². The van der Waals surface area contributed by atoms with Gasteiger partial charge in [-0.1, -0.05) is 6.92 Å². The Hall–Kier alpha value is -0.370. The second-order valence-corrected chi connectivity index (χ2v) is 2.82. The molecule has 1 rings (SSSR count). The van der Waals surface area contributed by atoms with Crippen molar-refractivity contribution in [1.82, 2.24) is 4.90 Å². The fraction of sp³-hybridized carbons (Fsp3) is 0.857. The highest BCUT2D eigenvalue weighted by Gasteiger charge is 2.20. The second-order valence-electron chi connectivity index (χ2n) is 2.82. The van der Waals surface area contributed by atoms with Gasteiger partial charge in [0.25, 0.3) is 0 Å². The molecule has 0 aliphatic carbocycles. The highest BCUT2D eigenvalue weighted by atomic mass is 16.1. The van der Waals surface area contributed by atoms with E-state index in [0.717, 1.165) is 18.7 Å². The van der Waals surface area contributed by atoms with Crippen LogP contribution in [0.15, 0.2) is 0 Å². The first kappa shape index (κ1) is 6.75. The molecule has 0 aromatic carbocycles. The van der Waals surface area contributed by atoms with Crippen LogP contribution in [-0.2, 0) is 4.79 Å². The number of carbonyl (C=O) groups excluding carboxylic acids is 1. The topological polar surface area (TPSA) is 20.3 Å². The predicted molar refractivity (Wildman–Crippen MR) is 36.3 cm³/mol. The summed E-state index contributed by atoms with van der Waals surface area (Å²) in [5, 5.41) is 0. The van der Waals surface area contributed by atoms with Crippen molar-refractivity contribution in [2.45, 2.75) is 13.3 Å². The third kappa shape index (κ3) is 1.79. The summed E-state index contributed by atoms with van der Waals surface area (Å²) in [6.45, 7) is 5.58. The van der Waals surface area contributed by atoms with Gasteiger partial charge in [-0.05, 0) is 5.92 Å². The van der Waals surface area contributed by atoms with Gasteiger partial charge in [0.05, 0.1) is 0 Å². The molecule has 1 saturated heterocycles. The fourth-order valence-electron chi connectivity index (χ4n) is 1.25. The molecule has 0 spiro atoms. The van der Waals surface area contributed by atoms with Crippen molar-refractivity contribution in [3.05, 3.63) is 0 Å². The largest absolute Gasteiger partial charge is 0.303 e. The first-order valence-electron chi connectivity index (χ1n) is 3.49. The SMILES string of the molecule is CC1CN(CCC=O)C1. The van der Waals surface area contributed by atoms with Gasteiger partial charge in [-0.2, -0.15) is 0 Å². The van der Waals surface area contributed by atoms with Crippen LogP contribution in [0.4, 0.5) is 0 Å². The lowest BCUT2D eigenvalue weighted by molar-refractivity contribution is -0.108. The molecule has 0 N–H and O–H groups in total. The van der Waals surface area contributed by atoms with Crippen molar-refractivity contribution in [2.24, 2.45) is 5.92 Å². The molecule has 1 heterocycles. The van der Waals surface area contributed by atoms with Crippen molar-refractivity contribution in [2.75, 3.05) is 19.6 Å². The average Bonchev–Trinajstić information content (AvgIpc) is 1.78. The van der Waals surface area contributed by atoms with Crippen LogP contribution in [0.2, 0.25) is 0 Å². The third-order valence-corrected chi connectivity index (χ3v) is 1.70. The van der Waals surface area contributed by atoms with Gasteiger partial charge < -0.3 is 9.69 Å². The third-order valence-electron chi connectivity index (χ3n) is 1.70. The number of nitrogens with zero attached hydrogens (tertiary/aromatic N) is 1. The number of rotatable bonds is 3. The van der Waals surface area contributed by atoms with E-state index in [4.69, 9.17) is 0 Å². The zero-order chi connectivity index (χ0) is 6.69. The van der Waals surface area contributed by atoms with Crippen molar-refractivity contribution in [3.8, 4) is 0 Å². The molecule has 0 bridgehead atoms. The number of aldehydes is 1. The van der Waals surface area contributed by atoms with Gasteiger partial charge in [0, 0.05) is 26.1 Å². The van der Waals surface area contributed by atoms with E-state index in [0.29, 0.717) is 6.42 Å². The molecule has 0 atom stereocenters. The molecule has 1 fully saturated rings. The number of likely N-dealkylation sites (tertiary alicyclic amines) is 1. The van der Waals surface area contributed by atoms with Gasteiger partial charge in [-0.3, -0.25) is 0 Å². The minimum Gasteiger partial charge on any atom is -0.303 e. The zero-order valence-corrected chi connectivity index (χ0v) is 5.84. The van der Waals surface area contributed by atoms with Crippen molar-refractivity contribution in [3.63, 3.8) is 0 Å². The minimum atomic E-state index is 0.701. The lowest BCUT2D eigenvalue weighted by Crippen LogP contribution is -2.45. The summed E-state index contributed by atoms with van der Waals surface area (Å²) >= 11 is 0. The summed E-state index contributed by atoms with van der Waals surface area (Å²) in [7, 11) is 0. The predicted octanol–water partition coefficient (Wildman–Crippen LogP) is 0.527. The van der Waals surface area contributed by atoms with Crippen LogP contribution in [0.3, 0.4) is 0 Å². The second kappa shape index (κ2) is 2.97. The Balaban J connectivity index is 1.97. The molecule has 1 aliphatic heterocycles. The van der Waals surface area contributed by atoms with Crippen LogP contribution in [0, 0.1) is 5.92 Å². The van der Waals surface area contributed by atoms with E-state index >= 15 is 0 Å². The monoisotopic (exact) mass is 127 g/mol. The Morgan fingerprint density at radius 1 is 1.67 bits per heavy atom. The summed E-state index contributed by atoms with van der Waals surface area (Å²) < 4.78 is 0. The molecule has 0 amide bonds. The smallest absolute Gasteiger partial charge is 0.121 e. The van der Waals surface area contributed by atoms with Crippen LogP contribution < -0.4 is 0 Å². The summed E-state index contributed by atoms with van der Waals surface area (Å²) in [5.41, 5.74) is 0. The Labute approximate surface area is 55.8 Å². The highest BCUT2D eigenvalue weighted by molar-refractivity contribution is 5.49. The molecule has 0 aromatic rings. The normalized spacial score (nSPS) is 21.4. The quantitative estimate of drug-likeness (QED) is 0.515. The molecular weight excluding hydrogens is 114 g/mol. The standard InChI is InChI=1S/C7H13NO/c1-7-5-8(6-7)3-2-4-9/h4,7H,2-3,5-6H2,1H3. The van der Waals surface area contributed by atoms with Crippen LogP contribution >= 0.6 is 0 Å². The van der Waals surface area contributed by atoms with E-state index in [1.807, 2.05) is 0 Å². The zero-order valence-electron chi connectivity index (χ0n) is 5.84. The molecule has 0 radical (unpaired) electrons. The number of hydrogen-bond acceptors (Lipinski definition) is 2. The first-order valence-corrected chi connectivity index (χ1v) is 3.49. The Morgan fingerprint density at radius 2 is 2.33 bits per heavy atom. The Morgan fingerprint density at radius 3 is 2.78 bits per heavy atom. The highest BCUT2D eigenvalue weighted by Crippen LogP contribution is 2.13. The number of hydrogen-bond donors (Lipinski definition) is 0. The summed E-state index contributed by atoms with van der Waals surface area (Å²) in [5.74, 6) is 0.858. The van der Waals surface area contributed by atoms with Crippen LogP contribution in [0.1, 0.15) is 13.3 Å². The molecule has 9 heavy (non-hydrogen) atoms. The lowest BCUT2D eigenvalue weighted by Gasteiger charge is -2.36. The molecule has 0 saturated carbocycles. The van der Waals surface area contributed by atoms with E-state index in [1.165, 1.54) is 13.1 Å².